The fraction of sp³-hybridized carbons (Fsp3) is 0.172. The zero-order valence-corrected chi connectivity index (χ0v) is 18.9. The number of carbonyl (C=O) groups is 2. The number of rotatable bonds is 10. The second-order valence-corrected chi connectivity index (χ2v) is 7.78. The van der Waals surface area contributed by atoms with Gasteiger partial charge in [0.25, 0.3) is 0 Å². The van der Waals surface area contributed by atoms with E-state index >= 15 is 0 Å². The minimum Gasteiger partial charge on any atom is -0.462 e. The van der Waals surface area contributed by atoms with Crippen molar-refractivity contribution in [3.8, 4) is 0 Å². The van der Waals surface area contributed by atoms with Crippen LogP contribution in [0.4, 0.5) is 0 Å². The number of carbonyl (C=O) groups excluding carboxylic acids is 2. The van der Waals surface area contributed by atoms with Crippen molar-refractivity contribution >= 4 is 39.1 Å². The van der Waals surface area contributed by atoms with Crippen LogP contribution in [0, 0.1) is 0 Å². The molecule has 0 aliphatic heterocycles. The Balaban J connectivity index is 1.21. The van der Waals surface area contributed by atoms with Crippen molar-refractivity contribution in [3.05, 3.63) is 103 Å². The van der Waals surface area contributed by atoms with Gasteiger partial charge in [-0.3, -0.25) is 0 Å². The lowest BCUT2D eigenvalue weighted by molar-refractivity contribution is -0.137. The summed E-state index contributed by atoms with van der Waals surface area (Å²) >= 11 is 0. The van der Waals surface area contributed by atoms with E-state index in [0.29, 0.717) is 24.2 Å². The summed E-state index contributed by atoms with van der Waals surface area (Å²) in [5.74, 6) is -0.813. The molecule has 0 spiro atoms. The maximum atomic E-state index is 12.9. The topological polar surface area (TPSA) is 61.8 Å². The Morgan fingerprint density at radius 3 is 1.97 bits per heavy atom. The number of hydrogen-bond acceptors (Lipinski definition) is 5. The van der Waals surface area contributed by atoms with E-state index in [0.717, 1.165) is 27.1 Å². The van der Waals surface area contributed by atoms with Crippen molar-refractivity contribution in [3.63, 3.8) is 0 Å². The molecule has 4 aromatic carbocycles. The maximum absolute atomic E-state index is 12.9. The Hall–Kier alpha value is -3.96. The molecule has 4 aromatic rings. The van der Waals surface area contributed by atoms with E-state index in [2.05, 4.69) is 12.6 Å². The summed E-state index contributed by atoms with van der Waals surface area (Å²) in [6.07, 6.45) is 0.537. The first kappa shape index (κ1) is 23.2. The third kappa shape index (κ3) is 5.50. The summed E-state index contributed by atoms with van der Waals surface area (Å²) in [6.45, 7) is 4.81. The molecule has 0 saturated heterocycles. The minimum absolute atomic E-state index is 0.140. The lowest BCUT2D eigenvalue weighted by Gasteiger charge is -2.12. The molecule has 0 aliphatic carbocycles. The van der Waals surface area contributed by atoms with E-state index in [-0.39, 0.29) is 25.8 Å². The number of fused-ring (bicyclic) bond motifs is 2. The predicted molar refractivity (Wildman–Crippen MR) is 134 cm³/mol. The molecule has 0 bridgehead atoms. The fourth-order valence-electron chi connectivity index (χ4n) is 3.77. The summed E-state index contributed by atoms with van der Waals surface area (Å²) in [4.78, 5) is 25.0. The number of ether oxygens (including phenoxy) is 3. The Bertz CT molecular complexity index is 1260. The highest BCUT2D eigenvalue weighted by Gasteiger charge is 2.16. The van der Waals surface area contributed by atoms with Gasteiger partial charge < -0.3 is 14.2 Å². The summed E-state index contributed by atoms with van der Waals surface area (Å²) in [7, 11) is 0. The standard InChI is InChI=1S/C29H26O5/c1-21(22-10-3-2-4-11-22)28(30)33-17-9-16-32-18-19-34-29(31)27-25-14-7-5-12-23(25)20-24-13-6-8-15-26(24)27/h2-8,10-15,20H,1,9,16-19H2. The molecule has 5 heteroatoms. The molecule has 0 radical (unpaired) electrons. The van der Waals surface area contributed by atoms with Gasteiger partial charge in [0.1, 0.15) is 6.61 Å². The van der Waals surface area contributed by atoms with Gasteiger partial charge in [-0.15, -0.1) is 0 Å². The van der Waals surface area contributed by atoms with Gasteiger partial charge in [0.15, 0.2) is 0 Å². The van der Waals surface area contributed by atoms with Crippen LogP contribution in [-0.4, -0.2) is 38.4 Å². The quantitative estimate of drug-likeness (QED) is 0.131. The van der Waals surface area contributed by atoms with E-state index in [1.54, 1.807) is 0 Å². The lowest BCUT2D eigenvalue weighted by atomic mass is 9.97. The molecule has 0 heterocycles. The Morgan fingerprint density at radius 2 is 1.29 bits per heavy atom. The first-order chi connectivity index (χ1) is 16.6. The van der Waals surface area contributed by atoms with Gasteiger partial charge in [0, 0.05) is 13.0 Å². The fourth-order valence-corrected chi connectivity index (χ4v) is 3.77. The van der Waals surface area contributed by atoms with Crippen LogP contribution in [0.1, 0.15) is 22.3 Å². The van der Waals surface area contributed by atoms with E-state index in [4.69, 9.17) is 14.2 Å². The molecular weight excluding hydrogens is 428 g/mol. The average Bonchev–Trinajstić information content (AvgIpc) is 2.88. The number of esters is 2. The van der Waals surface area contributed by atoms with E-state index < -0.39 is 5.97 Å². The lowest BCUT2D eigenvalue weighted by Crippen LogP contribution is -2.13. The van der Waals surface area contributed by atoms with Crippen LogP contribution >= 0.6 is 0 Å². The highest BCUT2D eigenvalue weighted by molar-refractivity contribution is 6.16. The van der Waals surface area contributed by atoms with Crippen molar-refractivity contribution in [1.82, 2.24) is 0 Å². The predicted octanol–water partition coefficient (Wildman–Crippen LogP) is 5.81. The summed E-state index contributed by atoms with van der Waals surface area (Å²) in [5.41, 5.74) is 1.64. The summed E-state index contributed by atoms with van der Waals surface area (Å²) in [5, 5.41) is 3.72. The molecule has 0 aromatic heterocycles. The SMILES string of the molecule is C=C(C(=O)OCCCOCCOC(=O)c1c2ccccc2cc2ccccc12)c1ccccc1. The molecule has 0 aliphatic rings. The maximum Gasteiger partial charge on any atom is 0.339 e. The first-order valence-corrected chi connectivity index (χ1v) is 11.2. The zero-order chi connectivity index (χ0) is 23.8. The molecular formula is C29H26O5. The number of hydrogen-bond donors (Lipinski definition) is 0. The van der Waals surface area contributed by atoms with Crippen LogP contribution in [0.25, 0.3) is 27.1 Å². The summed E-state index contributed by atoms with van der Waals surface area (Å²) in [6, 6.07) is 26.9. The zero-order valence-electron chi connectivity index (χ0n) is 18.9. The van der Waals surface area contributed by atoms with Gasteiger partial charge in [0.05, 0.1) is 24.4 Å². The Labute approximate surface area is 198 Å². The summed E-state index contributed by atoms with van der Waals surface area (Å²) < 4.78 is 16.3. The van der Waals surface area contributed by atoms with E-state index in [1.165, 1.54) is 0 Å². The van der Waals surface area contributed by atoms with Crippen molar-refractivity contribution < 1.29 is 23.8 Å². The van der Waals surface area contributed by atoms with Crippen LogP contribution in [0.15, 0.2) is 91.5 Å². The Kier molecular flexibility index (Phi) is 7.68. The highest BCUT2D eigenvalue weighted by Crippen LogP contribution is 2.29. The molecule has 172 valence electrons. The van der Waals surface area contributed by atoms with Gasteiger partial charge in [-0.1, -0.05) is 85.4 Å². The monoisotopic (exact) mass is 454 g/mol. The van der Waals surface area contributed by atoms with Crippen LogP contribution in [0.2, 0.25) is 0 Å². The molecule has 0 unspecified atom stereocenters. The van der Waals surface area contributed by atoms with Crippen molar-refractivity contribution in [2.45, 2.75) is 6.42 Å². The van der Waals surface area contributed by atoms with Crippen molar-refractivity contribution in [1.29, 1.82) is 0 Å². The molecule has 4 rings (SSSR count). The minimum atomic E-state index is -0.442. The molecule has 0 amide bonds. The van der Waals surface area contributed by atoms with Gasteiger partial charge in [-0.25, -0.2) is 9.59 Å². The second-order valence-electron chi connectivity index (χ2n) is 7.78. The molecule has 5 nitrogen and oxygen atoms in total. The molecule has 0 N–H and O–H groups in total. The molecule has 0 saturated carbocycles. The van der Waals surface area contributed by atoms with Crippen molar-refractivity contribution in [2.75, 3.05) is 26.4 Å². The Morgan fingerprint density at radius 1 is 0.676 bits per heavy atom. The van der Waals surface area contributed by atoms with Crippen LogP contribution in [0.3, 0.4) is 0 Å². The molecule has 0 atom stereocenters. The second kappa shape index (κ2) is 11.3. The van der Waals surface area contributed by atoms with Gasteiger partial charge in [0.2, 0.25) is 0 Å². The van der Waals surface area contributed by atoms with Crippen molar-refractivity contribution in [2.24, 2.45) is 0 Å². The van der Waals surface area contributed by atoms with Crippen LogP contribution in [0.5, 0.6) is 0 Å². The van der Waals surface area contributed by atoms with Gasteiger partial charge >= 0.3 is 11.9 Å². The van der Waals surface area contributed by atoms with Gasteiger partial charge in [-0.05, 0) is 33.2 Å². The third-order valence-corrected chi connectivity index (χ3v) is 5.47. The van der Waals surface area contributed by atoms with Gasteiger partial charge in [-0.2, -0.15) is 0 Å². The van der Waals surface area contributed by atoms with Crippen LogP contribution in [-0.2, 0) is 19.0 Å². The average molecular weight is 455 g/mol. The van der Waals surface area contributed by atoms with E-state index in [9.17, 15) is 9.59 Å². The number of benzene rings is 4. The normalized spacial score (nSPS) is 10.8. The van der Waals surface area contributed by atoms with Crippen LogP contribution < -0.4 is 0 Å². The molecule has 0 fully saturated rings. The molecule has 34 heavy (non-hydrogen) atoms. The highest BCUT2D eigenvalue weighted by atomic mass is 16.6. The van der Waals surface area contributed by atoms with E-state index in [1.807, 2.05) is 78.9 Å². The third-order valence-electron chi connectivity index (χ3n) is 5.47. The first-order valence-electron chi connectivity index (χ1n) is 11.2. The largest absolute Gasteiger partial charge is 0.462 e. The smallest absolute Gasteiger partial charge is 0.339 e.